The van der Waals surface area contributed by atoms with Crippen molar-refractivity contribution in [3.8, 4) is 0 Å². The lowest BCUT2D eigenvalue weighted by atomic mass is 10.2. The van der Waals surface area contributed by atoms with Crippen LogP contribution in [0.3, 0.4) is 0 Å². The molecular weight excluding hydrogens is 208 g/mol. The fourth-order valence-corrected chi connectivity index (χ4v) is 2.86. The summed E-state index contributed by atoms with van der Waals surface area (Å²) in [6.45, 7) is 3.86. The number of carboxylic acids is 1. The molecule has 1 rings (SSSR count). The van der Waals surface area contributed by atoms with Crippen LogP contribution in [0.25, 0.3) is 0 Å². The van der Waals surface area contributed by atoms with Crippen molar-refractivity contribution < 1.29 is 18.3 Å². The Morgan fingerprint density at radius 2 is 2.21 bits per heavy atom. The molecule has 0 aromatic heterocycles. The molecule has 2 N–H and O–H groups in total. The van der Waals surface area contributed by atoms with E-state index in [1.165, 1.54) is 0 Å². The highest BCUT2D eigenvalue weighted by molar-refractivity contribution is 7.87. The Hall–Kier alpha value is -0.660. The number of carboxylic acid groups (broad SMARTS) is 1. The van der Waals surface area contributed by atoms with Gasteiger partial charge in [0.05, 0.1) is 0 Å². The smallest absolute Gasteiger partial charge is 0.323 e. The molecule has 1 unspecified atom stereocenters. The summed E-state index contributed by atoms with van der Waals surface area (Å²) in [5.74, 6) is -1.01. The third-order valence-electron chi connectivity index (χ3n) is 1.95. The van der Waals surface area contributed by atoms with Crippen LogP contribution in [0.2, 0.25) is 0 Å². The molecule has 1 aliphatic rings. The Kier molecular flexibility index (Phi) is 3.13. The lowest BCUT2D eigenvalue weighted by molar-refractivity contribution is -0.140. The van der Waals surface area contributed by atoms with E-state index in [0.717, 1.165) is 4.31 Å². The molecule has 82 valence electrons. The highest BCUT2D eigenvalue weighted by Gasteiger charge is 2.41. The van der Waals surface area contributed by atoms with Gasteiger partial charge in [0.2, 0.25) is 0 Å². The van der Waals surface area contributed by atoms with Crippen LogP contribution in [0.1, 0.15) is 13.8 Å². The van der Waals surface area contributed by atoms with Crippen molar-refractivity contribution >= 4 is 16.2 Å². The number of nitrogens with zero attached hydrogens (tertiary/aromatic N) is 1. The van der Waals surface area contributed by atoms with E-state index in [0.29, 0.717) is 0 Å². The van der Waals surface area contributed by atoms with Crippen molar-refractivity contribution in [3.05, 3.63) is 0 Å². The molecule has 7 heteroatoms. The number of rotatable bonds is 3. The summed E-state index contributed by atoms with van der Waals surface area (Å²) < 4.78 is 25.9. The number of aliphatic carboxylic acids is 1. The molecule has 0 aromatic carbocycles. The molecule has 1 atom stereocenters. The van der Waals surface area contributed by atoms with Crippen LogP contribution in [0, 0.1) is 5.92 Å². The van der Waals surface area contributed by atoms with E-state index in [4.69, 9.17) is 5.11 Å². The summed E-state index contributed by atoms with van der Waals surface area (Å²) in [5.41, 5.74) is 0. The third kappa shape index (κ3) is 2.23. The van der Waals surface area contributed by atoms with Gasteiger partial charge in [0.1, 0.15) is 6.04 Å². The van der Waals surface area contributed by atoms with Crippen molar-refractivity contribution in [1.82, 2.24) is 9.03 Å². The zero-order valence-corrected chi connectivity index (χ0v) is 8.91. The van der Waals surface area contributed by atoms with Gasteiger partial charge in [-0.05, 0) is 5.92 Å². The maximum atomic E-state index is 11.4. The van der Waals surface area contributed by atoms with Crippen LogP contribution in [0.5, 0.6) is 0 Å². The zero-order chi connectivity index (χ0) is 10.9. The number of carbonyl (C=O) groups is 1. The highest BCUT2D eigenvalue weighted by Crippen LogP contribution is 2.15. The second-order valence-electron chi connectivity index (χ2n) is 3.67. The fourth-order valence-electron chi connectivity index (χ4n) is 1.33. The molecule has 14 heavy (non-hydrogen) atoms. The van der Waals surface area contributed by atoms with E-state index in [2.05, 4.69) is 4.72 Å². The summed E-state index contributed by atoms with van der Waals surface area (Å²) in [4.78, 5) is 10.7. The topological polar surface area (TPSA) is 86.7 Å². The molecule has 6 nitrogen and oxygen atoms in total. The Bertz CT molecular complexity index is 325. The number of hydrogen-bond acceptors (Lipinski definition) is 3. The lowest BCUT2D eigenvalue weighted by Gasteiger charge is -2.20. The summed E-state index contributed by atoms with van der Waals surface area (Å²) in [7, 11) is -3.57. The van der Waals surface area contributed by atoms with E-state index in [-0.39, 0.29) is 19.0 Å². The van der Waals surface area contributed by atoms with Gasteiger partial charge in [-0.25, -0.2) is 0 Å². The van der Waals surface area contributed by atoms with Gasteiger partial charge in [-0.1, -0.05) is 13.8 Å². The molecular formula is C7H14N2O4S. The molecule has 1 fully saturated rings. The zero-order valence-electron chi connectivity index (χ0n) is 8.10. The molecule has 0 radical (unpaired) electrons. The maximum absolute atomic E-state index is 11.4. The highest BCUT2D eigenvalue weighted by atomic mass is 32.2. The van der Waals surface area contributed by atoms with Gasteiger partial charge in [0, 0.05) is 13.1 Å². The van der Waals surface area contributed by atoms with Crippen LogP contribution in [0.15, 0.2) is 0 Å². The van der Waals surface area contributed by atoms with Crippen LogP contribution in [0.4, 0.5) is 0 Å². The maximum Gasteiger partial charge on any atom is 0.323 e. The summed E-state index contributed by atoms with van der Waals surface area (Å²) in [5, 5.41) is 8.78. The van der Waals surface area contributed by atoms with Gasteiger partial charge < -0.3 is 5.11 Å². The summed E-state index contributed by atoms with van der Waals surface area (Å²) >= 11 is 0. The first-order valence-electron chi connectivity index (χ1n) is 4.34. The molecule has 0 aliphatic carbocycles. The van der Waals surface area contributed by atoms with Gasteiger partial charge in [-0.2, -0.15) is 17.4 Å². The van der Waals surface area contributed by atoms with Crippen LogP contribution < -0.4 is 4.72 Å². The van der Waals surface area contributed by atoms with Crippen molar-refractivity contribution in [2.24, 2.45) is 5.92 Å². The standard InChI is InChI=1S/C7H14N2O4S/c1-5(2)4-9-6(7(10)11)3-8-14(9,12)13/h5-6,8H,3-4H2,1-2H3,(H,10,11). The minimum absolute atomic E-state index is 0.0512. The molecule has 0 aromatic rings. The van der Waals surface area contributed by atoms with Crippen LogP contribution >= 0.6 is 0 Å². The second kappa shape index (κ2) is 3.84. The quantitative estimate of drug-likeness (QED) is 0.657. The van der Waals surface area contributed by atoms with Gasteiger partial charge in [-0.3, -0.25) is 4.79 Å². The van der Waals surface area contributed by atoms with Gasteiger partial charge >= 0.3 is 5.97 Å². The van der Waals surface area contributed by atoms with Crippen molar-refractivity contribution in [2.75, 3.05) is 13.1 Å². The minimum atomic E-state index is -3.57. The second-order valence-corrected chi connectivity index (χ2v) is 5.38. The van der Waals surface area contributed by atoms with Gasteiger partial charge in [-0.15, -0.1) is 0 Å². The predicted octanol–water partition coefficient (Wildman–Crippen LogP) is -0.754. The monoisotopic (exact) mass is 222 g/mol. The molecule has 1 saturated heterocycles. The van der Waals surface area contributed by atoms with Crippen LogP contribution in [-0.4, -0.2) is 42.9 Å². The van der Waals surface area contributed by atoms with Crippen molar-refractivity contribution in [1.29, 1.82) is 0 Å². The average molecular weight is 222 g/mol. The fraction of sp³-hybridized carbons (Fsp3) is 0.857. The number of nitrogens with one attached hydrogen (secondary N) is 1. The Balaban J connectivity index is 2.87. The van der Waals surface area contributed by atoms with E-state index in [1.807, 2.05) is 13.8 Å². The average Bonchev–Trinajstić information content (AvgIpc) is 2.26. The first kappa shape index (κ1) is 11.4. The molecule has 0 spiro atoms. The van der Waals surface area contributed by atoms with E-state index >= 15 is 0 Å². The Labute approximate surface area is 83.1 Å². The van der Waals surface area contributed by atoms with Gasteiger partial charge in [0.15, 0.2) is 0 Å². The van der Waals surface area contributed by atoms with Crippen LogP contribution in [-0.2, 0) is 15.0 Å². The summed E-state index contributed by atoms with van der Waals surface area (Å²) in [6.07, 6.45) is 0. The molecule has 0 bridgehead atoms. The Morgan fingerprint density at radius 1 is 1.64 bits per heavy atom. The van der Waals surface area contributed by atoms with Gasteiger partial charge in [0.25, 0.3) is 10.2 Å². The largest absolute Gasteiger partial charge is 0.480 e. The third-order valence-corrected chi connectivity index (χ3v) is 3.50. The molecule has 0 saturated carbocycles. The Morgan fingerprint density at radius 3 is 2.64 bits per heavy atom. The molecule has 0 amide bonds. The number of hydrogen-bond donors (Lipinski definition) is 2. The SMILES string of the molecule is CC(C)CN1C(C(=O)O)CNS1(=O)=O. The van der Waals surface area contributed by atoms with Crippen molar-refractivity contribution in [3.63, 3.8) is 0 Å². The normalized spacial score (nSPS) is 26.9. The van der Waals surface area contributed by atoms with E-state index in [9.17, 15) is 13.2 Å². The van der Waals surface area contributed by atoms with Crippen molar-refractivity contribution in [2.45, 2.75) is 19.9 Å². The first-order valence-corrected chi connectivity index (χ1v) is 5.78. The molecule has 1 aliphatic heterocycles. The molecule has 1 heterocycles. The minimum Gasteiger partial charge on any atom is -0.480 e. The van der Waals surface area contributed by atoms with E-state index < -0.39 is 22.2 Å². The first-order chi connectivity index (χ1) is 6.34. The van der Waals surface area contributed by atoms with E-state index in [1.54, 1.807) is 0 Å². The predicted molar refractivity (Wildman–Crippen MR) is 49.9 cm³/mol. The summed E-state index contributed by atoms with van der Waals surface area (Å²) in [6, 6.07) is -0.970. The lowest BCUT2D eigenvalue weighted by Crippen LogP contribution is -2.41.